The molecule has 1 saturated heterocycles. The number of nitrogens with zero attached hydrogens (tertiary/aromatic N) is 1. The largest absolute Gasteiger partial charge is 0.406 e. The van der Waals surface area contributed by atoms with Crippen LogP contribution in [-0.4, -0.2) is 41.5 Å². The van der Waals surface area contributed by atoms with Gasteiger partial charge in [-0.1, -0.05) is 34.6 Å². The van der Waals surface area contributed by atoms with Crippen LogP contribution in [0, 0.1) is 11.3 Å². The van der Waals surface area contributed by atoms with Crippen LogP contribution in [0.5, 0.6) is 0 Å². The molecule has 1 heterocycles. The van der Waals surface area contributed by atoms with E-state index in [1.165, 1.54) is 0 Å². The second-order valence-corrected chi connectivity index (χ2v) is 7.04. The summed E-state index contributed by atoms with van der Waals surface area (Å²) in [6.07, 6.45) is -4.20. The van der Waals surface area contributed by atoms with E-state index in [1.807, 2.05) is 13.8 Å². The molecule has 0 spiro atoms. The van der Waals surface area contributed by atoms with E-state index in [-0.39, 0.29) is 5.92 Å². The fourth-order valence-corrected chi connectivity index (χ4v) is 2.64. The van der Waals surface area contributed by atoms with E-state index in [2.05, 4.69) is 5.32 Å². The number of rotatable bonds is 3. The molecule has 0 aliphatic carbocycles. The first-order valence-corrected chi connectivity index (χ1v) is 7.00. The second kappa shape index (κ2) is 5.85. The molecular weight excluding hydrogens is 285 g/mol. The summed E-state index contributed by atoms with van der Waals surface area (Å²) < 4.78 is 38.3. The summed E-state index contributed by atoms with van der Waals surface area (Å²) >= 11 is 0. The van der Waals surface area contributed by atoms with Crippen LogP contribution in [-0.2, 0) is 9.59 Å². The van der Waals surface area contributed by atoms with Crippen LogP contribution in [0.15, 0.2) is 0 Å². The minimum atomic E-state index is -4.53. The Kier molecular flexibility index (Phi) is 4.95. The van der Waals surface area contributed by atoms with Gasteiger partial charge in [0.25, 0.3) is 0 Å². The Labute approximate surface area is 123 Å². The minimum Gasteiger partial charge on any atom is -0.342 e. The average Bonchev–Trinajstić information content (AvgIpc) is 2.20. The Morgan fingerprint density at radius 3 is 2.10 bits per heavy atom. The molecule has 1 fully saturated rings. The first-order valence-electron chi connectivity index (χ1n) is 7.00. The molecular formula is C14H23F3N2O2. The van der Waals surface area contributed by atoms with Crippen LogP contribution in [0.3, 0.4) is 0 Å². The van der Waals surface area contributed by atoms with Crippen LogP contribution < -0.4 is 5.32 Å². The van der Waals surface area contributed by atoms with E-state index >= 15 is 0 Å². The lowest BCUT2D eigenvalue weighted by Crippen LogP contribution is -2.68. The number of alkyl halides is 3. The molecule has 122 valence electrons. The zero-order valence-corrected chi connectivity index (χ0v) is 13.0. The van der Waals surface area contributed by atoms with E-state index in [1.54, 1.807) is 20.8 Å². The summed E-state index contributed by atoms with van der Waals surface area (Å²) in [6.45, 7) is 7.26. The number of amides is 2. The van der Waals surface area contributed by atoms with Crippen molar-refractivity contribution in [3.05, 3.63) is 0 Å². The van der Waals surface area contributed by atoms with E-state index in [4.69, 9.17) is 0 Å². The Hall–Kier alpha value is -1.27. The highest BCUT2D eigenvalue weighted by molar-refractivity contribution is 5.97. The highest BCUT2D eigenvalue weighted by Crippen LogP contribution is 2.31. The molecule has 1 N–H and O–H groups in total. The number of carbonyl (C=O) groups excluding carboxylic acids is 2. The van der Waals surface area contributed by atoms with Crippen molar-refractivity contribution in [3.8, 4) is 0 Å². The van der Waals surface area contributed by atoms with E-state index in [0.717, 1.165) is 0 Å². The molecule has 0 saturated carbocycles. The SMILES string of the molecule is CC(C)CC1NC(=O)C(C(C)(C)C)N(CC(F)(F)F)C1=O. The number of hydrogen-bond acceptors (Lipinski definition) is 2. The van der Waals surface area contributed by atoms with Crippen molar-refractivity contribution in [1.82, 2.24) is 10.2 Å². The molecule has 0 aromatic heterocycles. The van der Waals surface area contributed by atoms with Crippen LogP contribution >= 0.6 is 0 Å². The zero-order valence-electron chi connectivity index (χ0n) is 13.0. The summed E-state index contributed by atoms with van der Waals surface area (Å²) in [7, 11) is 0. The smallest absolute Gasteiger partial charge is 0.342 e. The lowest BCUT2D eigenvalue weighted by Gasteiger charge is -2.45. The van der Waals surface area contributed by atoms with Crippen LogP contribution in [0.4, 0.5) is 13.2 Å². The topological polar surface area (TPSA) is 49.4 Å². The summed E-state index contributed by atoms with van der Waals surface area (Å²) in [5.74, 6) is -1.07. The van der Waals surface area contributed by atoms with Crippen LogP contribution in [0.1, 0.15) is 41.0 Å². The molecule has 4 nitrogen and oxygen atoms in total. The van der Waals surface area contributed by atoms with Gasteiger partial charge in [0.15, 0.2) is 0 Å². The zero-order chi connectivity index (χ0) is 16.6. The highest BCUT2D eigenvalue weighted by Gasteiger charge is 2.49. The molecule has 2 amide bonds. The third-order valence-electron chi connectivity index (χ3n) is 3.33. The summed E-state index contributed by atoms with van der Waals surface area (Å²) in [5.41, 5.74) is -0.770. The number of piperazine rings is 1. The Bertz CT molecular complexity index is 413. The van der Waals surface area contributed by atoms with E-state index in [9.17, 15) is 22.8 Å². The third-order valence-corrected chi connectivity index (χ3v) is 3.33. The van der Waals surface area contributed by atoms with Gasteiger partial charge in [0, 0.05) is 0 Å². The molecule has 0 aromatic rings. The lowest BCUT2D eigenvalue weighted by molar-refractivity contribution is -0.179. The number of hydrogen-bond donors (Lipinski definition) is 1. The van der Waals surface area contributed by atoms with Crippen molar-refractivity contribution >= 4 is 11.8 Å². The normalized spacial score (nSPS) is 24.5. The van der Waals surface area contributed by atoms with Crippen molar-refractivity contribution in [2.24, 2.45) is 11.3 Å². The quantitative estimate of drug-likeness (QED) is 0.870. The van der Waals surface area contributed by atoms with Gasteiger partial charge in [0.05, 0.1) is 0 Å². The van der Waals surface area contributed by atoms with Crippen molar-refractivity contribution in [2.75, 3.05) is 6.54 Å². The highest BCUT2D eigenvalue weighted by atomic mass is 19.4. The molecule has 1 aliphatic heterocycles. The second-order valence-electron chi connectivity index (χ2n) is 7.04. The Morgan fingerprint density at radius 1 is 1.19 bits per heavy atom. The first kappa shape index (κ1) is 17.8. The van der Waals surface area contributed by atoms with Gasteiger partial charge in [-0.2, -0.15) is 13.2 Å². The van der Waals surface area contributed by atoms with Gasteiger partial charge in [-0.05, 0) is 17.8 Å². The first-order chi connectivity index (χ1) is 9.33. The van der Waals surface area contributed by atoms with Crippen molar-refractivity contribution in [2.45, 2.75) is 59.3 Å². The molecule has 0 radical (unpaired) electrons. The number of nitrogens with one attached hydrogen (secondary N) is 1. The predicted molar refractivity (Wildman–Crippen MR) is 72.4 cm³/mol. The molecule has 1 rings (SSSR count). The number of carbonyl (C=O) groups is 2. The third kappa shape index (κ3) is 4.61. The van der Waals surface area contributed by atoms with Crippen molar-refractivity contribution in [1.29, 1.82) is 0 Å². The van der Waals surface area contributed by atoms with Gasteiger partial charge in [-0.25, -0.2) is 0 Å². The van der Waals surface area contributed by atoms with Gasteiger partial charge in [0.2, 0.25) is 11.8 Å². The summed E-state index contributed by atoms with van der Waals surface area (Å²) in [5, 5.41) is 2.57. The summed E-state index contributed by atoms with van der Waals surface area (Å²) in [4.78, 5) is 25.2. The van der Waals surface area contributed by atoms with Gasteiger partial charge >= 0.3 is 6.18 Å². The maximum absolute atomic E-state index is 12.8. The van der Waals surface area contributed by atoms with Crippen molar-refractivity contribution < 1.29 is 22.8 Å². The van der Waals surface area contributed by atoms with Crippen molar-refractivity contribution in [3.63, 3.8) is 0 Å². The molecule has 7 heteroatoms. The van der Waals surface area contributed by atoms with Crippen LogP contribution in [0.25, 0.3) is 0 Å². The van der Waals surface area contributed by atoms with Gasteiger partial charge < -0.3 is 10.2 Å². The molecule has 2 unspecified atom stereocenters. The van der Waals surface area contributed by atoms with Gasteiger partial charge in [-0.15, -0.1) is 0 Å². The van der Waals surface area contributed by atoms with E-state index in [0.29, 0.717) is 11.3 Å². The maximum atomic E-state index is 12.8. The molecule has 0 aromatic carbocycles. The molecule has 21 heavy (non-hydrogen) atoms. The summed E-state index contributed by atoms with van der Waals surface area (Å²) in [6, 6.07) is -1.99. The molecule has 2 atom stereocenters. The average molecular weight is 308 g/mol. The minimum absolute atomic E-state index is 0.0955. The predicted octanol–water partition coefficient (Wildman–Crippen LogP) is 2.34. The Morgan fingerprint density at radius 2 is 1.71 bits per heavy atom. The fourth-order valence-electron chi connectivity index (χ4n) is 2.64. The monoisotopic (exact) mass is 308 g/mol. The molecule has 1 aliphatic rings. The maximum Gasteiger partial charge on any atom is 0.406 e. The van der Waals surface area contributed by atoms with Gasteiger partial charge in [0.1, 0.15) is 18.6 Å². The van der Waals surface area contributed by atoms with Crippen LogP contribution in [0.2, 0.25) is 0 Å². The van der Waals surface area contributed by atoms with Gasteiger partial charge in [-0.3, -0.25) is 9.59 Å². The fraction of sp³-hybridized carbons (Fsp3) is 0.857. The Balaban J connectivity index is 3.11. The molecule has 0 bridgehead atoms. The standard InChI is InChI=1S/C14H23F3N2O2/c1-8(2)6-9-12(21)19(7-14(15,16)17)10(11(20)18-9)13(3,4)5/h8-10H,6-7H2,1-5H3,(H,18,20). The number of halogens is 3. The lowest BCUT2D eigenvalue weighted by atomic mass is 9.82. The van der Waals surface area contributed by atoms with E-state index < -0.39 is 42.0 Å².